The zero-order valence-electron chi connectivity index (χ0n) is 24.3. The van der Waals surface area contributed by atoms with Crippen LogP contribution in [-0.2, 0) is 37.0 Å². The first-order valence-corrected chi connectivity index (χ1v) is 15.5. The van der Waals surface area contributed by atoms with Crippen LogP contribution in [0.5, 0.6) is 0 Å². The van der Waals surface area contributed by atoms with Gasteiger partial charge in [0.25, 0.3) is 5.91 Å². The highest BCUT2D eigenvalue weighted by Crippen LogP contribution is 2.33. The van der Waals surface area contributed by atoms with E-state index in [-0.39, 0.29) is 64.2 Å². The number of carbonyl (C=O) groups is 3. The fraction of sp³-hybridized carbons (Fsp3) is 0.467. The minimum Gasteiger partial charge on any atom is -0.481 e. The maximum absolute atomic E-state index is 15.3. The van der Waals surface area contributed by atoms with Gasteiger partial charge >= 0.3 is 5.97 Å². The second-order valence-electron chi connectivity index (χ2n) is 11.1. The number of aliphatic carboxylic acids is 1. The molecule has 5 rings (SSSR count). The number of nitrogens with zero attached hydrogens (tertiary/aromatic N) is 3. The van der Waals surface area contributed by atoms with E-state index < -0.39 is 17.7 Å². The first-order valence-electron chi connectivity index (χ1n) is 14.4. The van der Waals surface area contributed by atoms with E-state index in [0.717, 1.165) is 23.6 Å². The van der Waals surface area contributed by atoms with Gasteiger partial charge in [-0.3, -0.25) is 19.1 Å². The summed E-state index contributed by atoms with van der Waals surface area (Å²) in [5.74, 6) is -2.65. The van der Waals surface area contributed by atoms with Gasteiger partial charge in [0.2, 0.25) is 5.91 Å². The summed E-state index contributed by atoms with van der Waals surface area (Å²) >= 11 is 7.57. The zero-order valence-corrected chi connectivity index (χ0v) is 25.9. The Morgan fingerprint density at radius 2 is 1.93 bits per heavy atom. The van der Waals surface area contributed by atoms with Gasteiger partial charge in [0, 0.05) is 31.0 Å². The topological polar surface area (TPSA) is 132 Å². The lowest BCUT2D eigenvalue weighted by molar-refractivity contribution is -0.160. The van der Waals surface area contributed by atoms with E-state index in [4.69, 9.17) is 25.6 Å². The van der Waals surface area contributed by atoms with Crippen LogP contribution < -0.4 is 5.32 Å². The van der Waals surface area contributed by atoms with E-state index in [0.29, 0.717) is 44.0 Å². The lowest BCUT2D eigenvalue weighted by atomic mass is 9.87. The van der Waals surface area contributed by atoms with Gasteiger partial charge in [-0.2, -0.15) is 9.43 Å². The lowest BCUT2D eigenvalue weighted by Crippen LogP contribution is -2.40. The first-order chi connectivity index (χ1) is 21.1. The second kappa shape index (κ2) is 14.2. The Hall–Kier alpha value is -3.23. The Bertz CT molecular complexity index is 1530. The number of ether oxygens (including phenoxy) is 1. The minimum atomic E-state index is -0.779. The highest BCUT2D eigenvalue weighted by Gasteiger charge is 2.37. The normalized spacial score (nSPS) is 22.0. The molecule has 2 fully saturated rings. The SMILES string of the molecule is COOS[C@H]1C[C@@H](CO[C@H]2CC[C@H](C(=O)O)CC2)N(C(=O)Cc2cc(Cl)c(NC(=O)c3nn(C)c4ccccc34)cc2F)C1. The smallest absolute Gasteiger partial charge is 0.306 e. The van der Waals surface area contributed by atoms with Crippen LogP contribution in [0.3, 0.4) is 0 Å². The summed E-state index contributed by atoms with van der Waals surface area (Å²) < 4.78 is 28.1. The van der Waals surface area contributed by atoms with Gasteiger partial charge in [-0.1, -0.05) is 29.8 Å². The van der Waals surface area contributed by atoms with E-state index in [1.807, 2.05) is 12.1 Å². The molecule has 11 nitrogen and oxygen atoms in total. The third kappa shape index (κ3) is 7.35. The van der Waals surface area contributed by atoms with E-state index in [1.165, 1.54) is 13.2 Å². The number of anilines is 1. The van der Waals surface area contributed by atoms with Crippen molar-refractivity contribution in [1.29, 1.82) is 0 Å². The summed E-state index contributed by atoms with van der Waals surface area (Å²) in [7, 11) is 3.13. The number of carbonyl (C=O) groups excluding carboxylic acids is 2. The highest BCUT2D eigenvalue weighted by atomic mass is 35.5. The summed E-state index contributed by atoms with van der Waals surface area (Å²) in [5.41, 5.74) is 1.12. The summed E-state index contributed by atoms with van der Waals surface area (Å²) in [6.07, 6.45) is 2.67. The first kappa shape index (κ1) is 32.2. The van der Waals surface area contributed by atoms with Gasteiger partial charge in [-0.15, -0.1) is 0 Å². The van der Waals surface area contributed by atoms with Crippen molar-refractivity contribution in [3.8, 4) is 0 Å². The molecule has 1 aromatic heterocycles. The number of fused-ring (bicyclic) bond motifs is 1. The van der Waals surface area contributed by atoms with Crippen molar-refractivity contribution in [2.75, 3.05) is 25.6 Å². The van der Waals surface area contributed by atoms with Crippen molar-refractivity contribution in [3.05, 3.63) is 58.5 Å². The maximum atomic E-state index is 15.3. The number of hydrogen-bond donors (Lipinski definition) is 2. The molecule has 2 aromatic carbocycles. The van der Waals surface area contributed by atoms with Crippen LogP contribution in [0.1, 0.15) is 48.2 Å². The number of hydrogen-bond acceptors (Lipinski definition) is 8. The second-order valence-corrected chi connectivity index (χ2v) is 12.5. The third-order valence-corrected chi connectivity index (χ3v) is 9.33. The van der Waals surface area contributed by atoms with Gasteiger partial charge in [0.1, 0.15) is 5.82 Å². The molecule has 2 amide bonds. The van der Waals surface area contributed by atoms with Crippen LogP contribution in [0.4, 0.5) is 10.1 Å². The molecule has 44 heavy (non-hydrogen) atoms. The molecule has 236 valence electrons. The Labute approximate surface area is 263 Å². The number of aromatic nitrogens is 2. The number of likely N-dealkylation sites (tertiary alicyclic amines) is 1. The van der Waals surface area contributed by atoms with Gasteiger partial charge in [0.05, 0.1) is 59.7 Å². The number of rotatable bonds is 11. The molecule has 2 heterocycles. The van der Waals surface area contributed by atoms with Gasteiger partial charge < -0.3 is 20.1 Å². The average molecular weight is 649 g/mol. The van der Waals surface area contributed by atoms with Crippen molar-refractivity contribution in [2.24, 2.45) is 13.0 Å². The van der Waals surface area contributed by atoms with E-state index in [2.05, 4.69) is 10.4 Å². The molecular formula is C30H34ClFN4O7S. The van der Waals surface area contributed by atoms with Gasteiger partial charge in [-0.05, 0) is 55.9 Å². The molecule has 0 radical (unpaired) electrons. The van der Waals surface area contributed by atoms with E-state index in [1.54, 1.807) is 28.8 Å². The molecule has 1 aliphatic heterocycles. The standard InChI is InChI=1S/C30H34ClFN4O7S/c1-35-26-6-4-3-5-22(26)28(34-35)29(38)33-25-14-24(32)18(11-23(25)31)12-27(37)36-15-21(44-43-41-2)13-19(36)16-42-20-9-7-17(8-10-20)30(39)40/h3-6,11,14,17,19-21H,7-10,12-13,15-16H2,1-2H3,(H,33,38)(H,39,40)/t17-,19-,20-,21-/m0/s1. The lowest BCUT2D eigenvalue weighted by Gasteiger charge is -2.30. The van der Waals surface area contributed by atoms with Crippen molar-refractivity contribution in [2.45, 2.75) is 55.9 Å². The van der Waals surface area contributed by atoms with Crippen LogP contribution >= 0.6 is 23.6 Å². The molecule has 2 N–H and O–H groups in total. The number of para-hydroxylation sites is 1. The monoisotopic (exact) mass is 648 g/mol. The summed E-state index contributed by atoms with van der Waals surface area (Å²) in [4.78, 5) is 44.1. The minimum absolute atomic E-state index is 0.0679. The molecule has 0 bridgehead atoms. The van der Waals surface area contributed by atoms with Crippen LogP contribution in [-0.4, -0.2) is 75.2 Å². The van der Waals surface area contributed by atoms with Crippen molar-refractivity contribution >= 4 is 58.0 Å². The number of carboxylic acids is 1. The molecule has 0 unspecified atom stereocenters. The number of nitrogens with one attached hydrogen (secondary N) is 1. The maximum Gasteiger partial charge on any atom is 0.306 e. The predicted molar refractivity (Wildman–Crippen MR) is 163 cm³/mol. The third-order valence-electron chi connectivity index (χ3n) is 8.19. The van der Waals surface area contributed by atoms with Crippen molar-refractivity contribution in [3.63, 3.8) is 0 Å². The average Bonchev–Trinajstić information content (AvgIpc) is 3.58. The molecule has 2 atom stereocenters. The van der Waals surface area contributed by atoms with Gasteiger partial charge in [-0.25, -0.2) is 9.28 Å². The highest BCUT2D eigenvalue weighted by molar-refractivity contribution is 7.95. The molecule has 1 aliphatic carbocycles. The van der Waals surface area contributed by atoms with E-state index >= 15 is 4.39 Å². The fourth-order valence-electron chi connectivity index (χ4n) is 5.87. The summed E-state index contributed by atoms with van der Waals surface area (Å²) in [6.45, 7) is 0.628. The van der Waals surface area contributed by atoms with Crippen LogP contribution in [0, 0.1) is 11.7 Å². The number of halogens is 2. The largest absolute Gasteiger partial charge is 0.481 e. The number of benzene rings is 2. The fourth-order valence-corrected chi connectivity index (χ4v) is 6.82. The van der Waals surface area contributed by atoms with Crippen LogP contribution in [0.15, 0.2) is 36.4 Å². The Kier molecular flexibility index (Phi) is 10.4. The number of aryl methyl sites for hydroxylation is 1. The van der Waals surface area contributed by atoms with Crippen molar-refractivity contribution in [1.82, 2.24) is 14.7 Å². The Balaban J connectivity index is 1.24. The zero-order chi connectivity index (χ0) is 31.4. The molecule has 2 aliphatic rings. The molecule has 3 aromatic rings. The summed E-state index contributed by atoms with van der Waals surface area (Å²) in [5, 5.41) is 16.8. The molecule has 1 saturated carbocycles. The van der Waals surface area contributed by atoms with Gasteiger partial charge in [0.15, 0.2) is 5.69 Å². The van der Waals surface area contributed by atoms with Crippen LogP contribution in [0.2, 0.25) is 5.02 Å². The molecule has 0 spiro atoms. The Morgan fingerprint density at radius 3 is 2.66 bits per heavy atom. The van der Waals surface area contributed by atoms with Crippen molar-refractivity contribution < 1.29 is 37.8 Å². The molecular weight excluding hydrogens is 615 g/mol. The number of amides is 2. The summed E-state index contributed by atoms with van der Waals surface area (Å²) in [6, 6.07) is 9.44. The molecule has 1 saturated heterocycles. The quantitative estimate of drug-likeness (QED) is 0.167. The molecule has 14 heteroatoms. The number of carboxylic acid groups (broad SMARTS) is 1. The van der Waals surface area contributed by atoms with Crippen LogP contribution in [0.25, 0.3) is 10.9 Å². The van der Waals surface area contributed by atoms with E-state index in [9.17, 15) is 19.5 Å². The predicted octanol–water partition coefficient (Wildman–Crippen LogP) is 5.02. The Morgan fingerprint density at radius 1 is 1.18 bits per heavy atom.